The van der Waals surface area contributed by atoms with Crippen LogP contribution in [0, 0.1) is 0 Å². The van der Waals surface area contributed by atoms with E-state index >= 15 is 0 Å². The van der Waals surface area contributed by atoms with Crippen LogP contribution in [-0.2, 0) is 29.1 Å². The molecule has 120 valence electrons. The first-order valence-electron chi connectivity index (χ1n) is 6.89. The Morgan fingerprint density at radius 2 is 2.14 bits per heavy atom. The van der Waals surface area contributed by atoms with Crippen LogP contribution < -0.4 is 5.32 Å². The lowest BCUT2D eigenvalue weighted by molar-refractivity contribution is -0.123. The normalized spacial score (nSPS) is 9.68. The maximum absolute atomic E-state index is 11.7. The van der Waals surface area contributed by atoms with Gasteiger partial charge in [0.05, 0.1) is 12.7 Å². The van der Waals surface area contributed by atoms with Gasteiger partial charge in [0.1, 0.15) is 5.82 Å². The quantitative estimate of drug-likeness (QED) is 0.693. The maximum Gasteiger partial charge on any atom is 0.290 e. The van der Waals surface area contributed by atoms with Gasteiger partial charge in [0.2, 0.25) is 5.91 Å². The largest absolute Gasteiger partial charge is 0.483 e. The minimum Gasteiger partial charge on any atom is -0.483 e. The van der Waals surface area contributed by atoms with Crippen molar-refractivity contribution < 1.29 is 14.7 Å². The molecule has 0 fully saturated rings. The van der Waals surface area contributed by atoms with E-state index in [-0.39, 0.29) is 12.4 Å². The summed E-state index contributed by atoms with van der Waals surface area (Å²) in [5.74, 6) is 1.05. The Labute approximate surface area is 128 Å². The third kappa shape index (κ3) is 6.16. The Kier molecular flexibility index (Phi) is 7.95. The molecule has 0 saturated carbocycles. The minimum atomic E-state index is -0.250. The van der Waals surface area contributed by atoms with E-state index in [0.29, 0.717) is 26.1 Å². The summed E-state index contributed by atoms with van der Waals surface area (Å²) in [5.41, 5.74) is 0. The van der Waals surface area contributed by atoms with Gasteiger partial charge >= 0.3 is 0 Å². The average molecular weight is 308 g/mol. The number of carbonyl (C=O) groups is 2. The highest BCUT2D eigenvalue weighted by Gasteiger charge is 2.04. The second-order valence-electron chi connectivity index (χ2n) is 4.26. The number of aryl methyl sites for hydroxylation is 2. The predicted molar refractivity (Wildman–Crippen MR) is 77.9 cm³/mol. The molecule has 0 bridgehead atoms. The number of amides is 1. The molecule has 0 saturated heterocycles. The molecule has 0 radical (unpaired) electrons. The number of nitrogens with zero attached hydrogens (tertiary/aromatic N) is 5. The van der Waals surface area contributed by atoms with E-state index in [0.717, 1.165) is 12.2 Å². The second kappa shape index (κ2) is 10.1. The fourth-order valence-electron chi connectivity index (χ4n) is 1.83. The maximum atomic E-state index is 11.7. The molecular weight excluding hydrogens is 288 g/mol. The van der Waals surface area contributed by atoms with Crippen molar-refractivity contribution in [3.05, 3.63) is 30.6 Å². The molecule has 0 aromatic carbocycles. The molecule has 0 aliphatic carbocycles. The van der Waals surface area contributed by atoms with E-state index in [1.807, 2.05) is 10.8 Å². The van der Waals surface area contributed by atoms with Crippen LogP contribution in [0.2, 0.25) is 0 Å². The van der Waals surface area contributed by atoms with Gasteiger partial charge in [0.25, 0.3) is 6.47 Å². The third-order valence-electron chi connectivity index (χ3n) is 2.83. The van der Waals surface area contributed by atoms with Gasteiger partial charge in [0, 0.05) is 44.5 Å². The number of imidazole rings is 1. The van der Waals surface area contributed by atoms with Crippen LogP contribution in [-0.4, -0.2) is 48.6 Å². The van der Waals surface area contributed by atoms with Crippen molar-refractivity contribution >= 4 is 12.4 Å². The number of rotatable bonds is 7. The summed E-state index contributed by atoms with van der Waals surface area (Å²) in [5, 5.41) is 17.3. The van der Waals surface area contributed by atoms with Crippen molar-refractivity contribution in [1.29, 1.82) is 0 Å². The summed E-state index contributed by atoms with van der Waals surface area (Å²) < 4.78 is 3.70. The van der Waals surface area contributed by atoms with Gasteiger partial charge in [-0.3, -0.25) is 14.3 Å². The Balaban J connectivity index is 0.000000745. The van der Waals surface area contributed by atoms with Crippen LogP contribution in [0.3, 0.4) is 0 Å². The molecular formula is C13H20N6O3. The number of nitrogens with one attached hydrogen (secondary N) is 1. The molecule has 1 amide bonds. The van der Waals surface area contributed by atoms with Crippen molar-refractivity contribution in [1.82, 2.24) is 29.9 Å². The molecule has 2 rings (SSSR count). The van der Waals surface area contributed by atoms with Crippen LogP contribution >= 0.6 is 0 Å². The van der Waals surface area contributed by atoms with Crippen LogP contribution in [0.5, 0.6) is 0 Å². The first kappa shape index (κ1) is 17.3. The highest BCUT2D eigenvalue weighted by molar-refractivity contribution is 5.75. The molecule has 0 aliphatic heterocycles. The van der Waals surface area contributed by atoms with Gasteiger partial charge in [-0.05, 0) is 0 Å². The first-order valence-corrected chi connectivity index (χ1v) is 6.89. The Hall–Kier alpha value is -2.71. The fourth-order valence-corrected chi connectivity index (χ4v) is 1.83. The summed E-state index contributed by atoms with van der Waals surface area (Å²) in [6.45, 7) is 3.67. The van der Waals surface area contributed by atoms with Gasteiger partial charge in [0.15, 0.2) is 0 Å². The lowest BCUT2D eigenvalue weighted by atomic mass is 10.3. The lowest BCUT2D eigenvalue weighted by Gasteiger charge is -2.07. The highest BCUT2D eigenvalue weighted by atomic mass is 16.3. The summed E-state index contributed by atoms with van der Waals surface area (Å²) in [6, 6.07) is 0. The summed E-state index contributed by atoms with van der Waals surface area (Å²) in [4.78, 5) is 24.3. The Morgan fingerprint density at radius 3 is 2.77 bits per heavy atom. The lowest BCUT2D eigenvalue weighted by Crippen LogP contribution is -2.28. The van der Waals surface area contributed by atoms with Crippen molar-refractivity contribution in [3.8, 4) is 0 Å². The smallest absolute Gasteiger partial charge is 0.290 e. The molecule has 0 aliphatic rings. The zero-order valence-electron chi connectivity index (χ0n) is 12.4. The zero-order valence-corrected chi connectivity index (χ0v) is 12.4. The fraction of sp³-hybridized carbons (Fsp3) is 0.462. The molecule has 0 atom stereocenters. The molecule has 0 spiro atoms. The van der Waals surface area contributed by atoms with E-state index in [1.165, 1.54) is 0 Å². The van der Waals surface area contributed by atoms with Gasteiger partial charge in [-0.15, -0.1) is 5.10 Å². The average Bonchev–Trinajstić information content (AvgIpc) is 3.17. The van der Waals surface area contributed by atoms with Gasteiger partial charge in [-0.2, -0.15) is 0 Å². The zero-order chi connectivity index (χ0) is 16.2. The second-order valence-corrected chi connectivity index (χ2v) is 4.26. The number of carbonyl (C=O) groups excluding carboxylic acids is 1. The van der Waals surface area contributed by atoms with E-state index < -0.39 is 0 Å². The van der Waals surface area contributed by atoms with E-state index in [1.54, 1.807) is 23.3 Å². The van der Waals surface area contributed by atoms with Crippen LogP contribution in [0.15, 0.2) is 24.8 Å². The number of hydrogen-bond acceptors (Lipinski definition) is 5. The monoisotopic (exact) mass is 308 g/mol. The van der Waals surface area contributed by atoms with Gasteiger partial charge in [-0.1, -0.05) is 12.1 Å². The van der Waals surface area contributed by atoms with Crippen LogP contribution in [0.1, 0.15) is 19.2 Å². The topological polar surface area (TPSA) is 115 Å². The number of carboxylic acid groups (broad SMARTS) is 1. The SMILES string of the molecule is CCc1nccn1CCC(=O)NCCn1ccnn1.O=CO. The molecule has 0 unspecified atom stereocenters. The first-order chi connectivity index (χ1) is 10.7. The molecule has 22 heavy (non-hydrogen) atoms. The third-order valence-corrected chi connectivity index (χ3v) is 2.83. The summed E-state index contributed by atoms with van der Waals surface area (Å²) >= 11 is 0. The molecule has 2 aromatic heterocycles. The number of hydrogen-bond donors (Lipinski definition) is 2. The van der Waals surface area contributed by atoms with Crippen molar-refractivity contribution in [3.63, 3.8) is 0 Å². The minimum absolute atomic E-state index is 0.0378. The van der Waals surface area contributed by atoms with E-state index in [4.69, 9.17) is 9.90 Å². The van der Waals surface area contributed by atoms with Crippen LogP contribution in [0.25, 0.3) is 0 Å². The van der Waals surface area contributed by atoms with Crippen molar-refractivity contribution in [2.45, 2.75) is 32.9 Å². The standard InChI is InChI=1S/C12H18N6O.CH2O2/c1-2-11-13-4-8-17(11)7-3-12(19)14-5-9-18-10-6-15-16-18;2-1-3/h4,6,8,10H,2-3,5,7,9H2,1H3,(H,14,19);1H,(H,2,3). The predicted octanol–water partition coefficient (Wildman–Crippen LogP) is -0.0557. The molecule has 2 N–H and O–H groups in total. The Bertz CT molecular complexity index is 552. The molecule has 9 nitrogen and oxygen atoms in total. The van der Waals surface area contributed by atoms with Crippen molar-refractivity contribution in [2.75, 3.05) is 6.54 Å². The summed E-state index contributed by atoms with van der Waals surface area (Å²) in [6.07, 6.45) is 8.39. The number of aromatic nitrogens is 5. The summed E-state index contributed by atoms with van der Waals surface area (Å²) in [7, 11) is 0. The molecule has 9 heteroatoms. The van der Waals surface area contributed by atoms with E-state index in [2.05, 4.69) is 27.5 Å². The van der Waals surface area contributed by atoms with Crippen LogP contribution in [0.4, 0.5) is 0 Å². The molecule has 2 aromatic rings. The van der Waals surface area contributed by atoms with E-state index in [9.17, 15) is 4.79 Å². The Morgan fingerprint density at radius 1 is 1.36 bits per heavy atom. The van der Waals surface area contributed by atoms with Crippen molar-refractivity contribution in [2.24, 2.45) is 0 Å². The van der Waals surface area contributed by atoms with Gasteiger partial charge < -0.3 is 15.0 Å². The highest BCUT2D eigenvalue weighted by Crippen LogP contribution is 2.00. The van der Waals surface area contributed by atoms with Gasteiger partial charge in [-0.25, -0.2) is 4.98 Å². The molecule has 2 heterocycles.